The number of nitrogens with zero attached hydrogens (tertiary/aromatic N) is 3. The number of rotatable bonds is 3. The molecule has 0 aliphatic carbocycles. The molecular formula is C18H13N3O. The number of hydrogen-bond acceptors (Lipinski definition) is 3. The normalized spacial score (nSPS) is 11.5. The zero-order valence-electron chi connectivity index (χ0n) is 11.8. The van der Waals surface area contributed by atoms with Crippen LogP contribution < -0.4 is 0 Å². The summed E-state index contributed by atoms with van der Waals surface area (Å²) >= 11 is 0. The number of benzene rings is 1. The minimum absolute atomic E-state index is 0.712. The quantitative estimate of drug-likeness (QED) is 0.526. The van der Waals surface area contributed by atoms with Crippen molar-refractivity contribution in [3.05, 3.63) is 78.7 Å². The molecule has 0 radical (unpaired) electrons. The van der Waals surface area contributed by atoms with Crippen LogP contribution in [0.15, 0.2) is 82.5 Å². The summed E-state index contributed by atoms with van der Waals surface area (Å²) in [5, 5.41) is 0. The molecule has 0 unspecified atom stereocenters. The van der Waals surface area contributed by atoms with E-state index in [2.05, 4.69) is 9.98 Å². The van der Waals surface area contributed by atoms with Gasteiger partial charge in [0.25, 0.3) is 0 Å². The van der Waals surface area contributed by atoms with Crippen LogP contribution in [0.5, 0.6) is 0 Å². The fraction of sp³-hybridized carbons (Fsp3) is 0. The maximum absolute atomic E-state index is 5.49. The first kappa shape index (κ1) is 12.6. The first-order chi connectivity index (χ1) is 10.9. The highest BCUT2D eigenvalue weighted by atomic mass is 16.3. The molecule has 0 bridgehead atoms. The molecule has 4 rings (SSSR count). The Morgan fingerprint density at radius 2 is 1.82 bits per heavy atom. The van der Waals surface area contributed by atoms with Crippen LogP contribution in [-0.4, -0.2) is 15.6 Å². The van der Waals surface area contributed by atoms with E-state index in [1.54, 1.807) is 6.26 Å². The fourth-order valence-electron chi connectivity index (χ4n) is 2.36. The summed E-state index contributed by atoms with van der Waals surface area (Å²) in [4.78, 5) is 9.26. The summed E-state index contributed by atoms with van der Waals surface area (Å²) in [5.41, 5.74) is 2.62. The van der Waals surface area contributed by atoms with Crippen LogP contribution in [0.3, 0.4) is 0 Å². The number of aromatic nitrogens is 2. The first-order valence-corrected chi connectivity index (χ1v) is 7.02. The van der Waals surface area contributed by atoms with Gasteiger partial charge in [0, 0.05) is 12.4 Å². The minimum Gasteiger partial charge on any atom is -0.463 e. The summed E-state index contributed by atoms with van der Waals surface area (Å²) in [6.07, 6.45) is 5.43. The van der Waals surface area contributed by atoms with E-state index in [4.69, 9.17) is 4.42 Å². The standard InChI is InChI=1S/C18H13N3O/c1-2-7-14(8-3-1)13-19-18-17(15-9-6-12-22-15)20-16-10-4-5-11-21(16)18/h1-13H. The lowest BCUT2D eigenvalue weighted by atomic mass is 10.2. The monoisotopic (exact) mass is 287 g/mol. The predicted molar refractivity (Wildman–Crippen MR) is 86.6 cm³/mol. The third kappa shape index (κ3) is 2.20. The van der Waals surface area contributed by atoms with Gasteiger partial charge < -0.3 is 4.42 Å². The fourth-order valence-corrected chi connectivity index (χ4v) is 2.36. The number of furan rings is 1. The van der Waals surface area contributed by atoms with E-state index in [0.29, 0.717) is 5.76 Å². The number of hydrogen-bond donors (Lipinski definition) is 0. The summed E-state index contributed by atoms with van der Waals surface area (Å²) < 4.78 is 7.45. The smallest absolute Gasteiger partial charge is 0.168 e. The number of pyridine rings is 1. The van der Waals surface area contributed by atoms with Gasteiger partial charge in [-0.05, 0) is 29.8 Å². The Morgan fingerprint density at radius 1 is 0.955 bits per heavy atom. The molecule has 22 heavy (non-hydrogen) atoms. The van der Waals surface area contributed by atoms with Crippen LogP contribution in [0, 0.1) is 0 Å². The van der Waals surface area contributed by atoms with Gasteiger partial charge in [0.2, 0.25) is 0 Å². The molecule has 0 N–H and O–H groups in total. The van der Waals surface area contributed by atoms with Crippen molar-refractivity contribution in [3.63, 3.8) is 0 Å². The van der Waals surface area contributed by atoms with Crippen LogP contribution in [0.4, 0.5) is 5.82 Å². The first-order valence-electron chi connectivity index (χ1n) is 7.02. The Labute approximate surface area is 127 Å². The van der Waals surface area contributed by atoms with E-state index in [1.807, 2.05) is 77.5 Å². The molecule has 0 atom stereocenters. The van der Waals surface area contributed by atoms with E-state index in [-0.39, 0.29) is 0 Å². The Kier molecular flexibility index (Phi) is 3.05. The molecular weight excluding hydrogens is 274 g/mol. The molecule has 0 aliphatic rings. The molecule has 0 fully saturated rings. The lowest BCUT2D eigenvalue weighted by molar-refractivity contribution is 0.580. The Hall–Kier alpha value is -3.14. The van der Waals surface area contributed by atoms with Gasteiger partial charge in [-0.3, -0.25) is 4.40 Å². The van der Waals surface area contributed by atoms with Gasteiger partial charge in [0.1, 0.15) is 5.65 Å². The van der Waals surface area contributed by atoms with E-state index in [0.717, 1.165) is 22.7 Å². The van der Waals surface area contributed by atoms with E-state index in [9.17, 15) is 0 Å². The Balaban J connectivity index is 1.88. The maximum atomic E-state index is 5.49. The second-order valence-corrected chi connectivity index (χ2v) is 4.86. The summed E-state index contributed by atoms with van der Waals surface area (Å²) in [6, 6.07) is 19.6. The molecule has 3 aromatic heterocycles. The summed E-state index contributed by atoms with van der Waals surface area (Å²) in [5.74, 6) is 1.47. The molecule has 4 nitrogen and oxygen atoms in total. The van der Waals surface area contributed by atoms with Crippen LogP contribution in [-0.2, 0) is 0 Å². The van der Waals surface area contributed by atoms with Crippen molar-refractivity contribution in [3.8, 4) is 11.5 Å². The molecule has 0 amide bonds. The number of imidazole rings is 1. The molecule has 4 aromatic rings. The summed E-state index contributed by atoms with van der Waals surface area (Å²) in [6.45, 7) is 0. The highest BCUT2D eigenvalue weighted by Gasteiger charge is 2.14. The topological polar surface area (TPSA) is 42.8 Å². The molecule has 0 aliphatic heterocycles. The maximum Gasteiger partial charge on any atom is 0.168 e. The highest BCUT2D eigenvalue weighted by molar-refractivity contribution is 5.84. The third-order valence-corrected chi connectivity index (χ3v) is 3.39. The number of aliphatic imine (C=N–C) groups is 1. The van der Waals surface area contributed by atoms with Crippen LogP contribution in [0.1, 0.15) is 5.56 Å². The Bertz CT molecular complexity index is 922. The van der Waals surface area contributed by atoms with Gasteiger partial charge in [-0.2, -0.15) is 0 Å². The van der Waals surface area contributed by atoms with Crippen molar-refractivity contribution < 1.29 is 4.42 Å². The van der Waals surface area contributed by atoms with Crippen LogP contribution in [0.2, 0.25) is 0 Å². The molecule has 0 saturated carbocycles. The van der Waals surface area contributed by atoms with E-state index < -0.39 is 0 Å². The molecule has 1 aromatic carbocycles. The average molecular weight is 287 g/mol. The van der Waals surface area contributed by atoms with Gasteiger partial charge in [0.05, 0.1) is 6.26 Å². The van der Waals surface area contributed by atoms with Crippen molar-refractivity contribution in [1.29, 1.82) is 0 Å². The van der Waals surface area contributed by atoms with E-state index in [1.165, 1.54) is 0 Å². The lowest BCUT2D eigenvalue weighted by Crippen LogP contribution is -1.84. The van der Waals surface area contributed by atoms with Crippen molar-refractivity contribution in [2.75, 3.05) is 0 Å². The van der Waals surface area contributed by atoms with E-state index >= 15 is 0 Å². The average Bonchev–Trinajstić information content (AvgIpc) is 3.21. The summed E-state index contributed by atoms with van der Waals surface area (Å²) in [7, 11) is 0. The van der Waals surface area contributed by atoms with Crippen LogP contribution >= 0.6 is 0 Å². The predicted octanol–water partition coefficient (Wildman–Crippen LogP) is 4.34. The molecule has 4 heteroatoms. The second kappa shape index (κ2) is 5.33. The molecule has 0 saturated heterocycles. The van der Waals surface area contributed by atoms with Crippen molar-refractivity contribution in [1.82, 2.24) is 9.38 Å². The molecule has 3 heterocycles. The number of fused-ring (bicyclic) bond motifs is 1. The van der Waals surface area contributed by atoms with Gasteiger partial charge in [-0.15, -0.1) is 0 Å². The zero-order valence-corrected chi connectivity index (χ0v) is 11.8. The SMILES string of the molecule is C(=Nc1c(-c2ccco2)nc2ccccn12)c1ccccc1. The van der Waals surface area contributed by atoms with Gasteiger partial charge in [-0.1, -0.05) is 36.4 Å². The largest absolute Gasteiger partial charge is 0.463 e. The van der Waals surface area contributed by atoms with Crippen molar-refractivity contribution in [2.45, 2.75) is 0 Å². The molecule has 106 valence electrons. The highest BCUT2D eigenvalue weighted by Crippen LogP contribution is 2.31. The third-order valence-electron chi connectivity index (χ3n) is 3.39. The van der Waals surface area contributed by atoms with Gasteiger partial charge in [0.15, 0.2) is 17.3 Å². The minimum atomic E-state index is 0.712. The van der Waals surface area contributed by atoms with Crippen LogP contribution in [0.25, 0.3) is 17.1 Å². The van der Waals surface area contributed by atoms with Crippen molar-refractivity contribution >= 4 is 17.7 Å². The van der Waals surface area contributed by atoms with Gasteiger partial charge >= 0.3 is 0 Å². The van der Waals surface area contributed by atoms with Gasteiger partial charge in [-0.25, -0.2) is 9.98 Å². The second-order valence-electron chi connectivity index (χ2n) is 4.86. The van der Waals surface area contributed by atoms with Crippen molar-refractivity contribution in [2.24, 2.45) is 4.99 Å². The zero-order chi connectivity index (χ0) is 14.8. The lowest BCUT2D eigenvalue weighted by Gasteiger charge is -1.97. The molecule has 0 spiro atoms. The Morgan fingerprint density at radius 3 is 2.64 bits per heavy atom.